The van der Waals surface area contributed by atoms with E-state index in [4.69, 9.17) is 4.42 Å². The molecule has 0 amide bonds. The van der Waals surface area contributed by atoms with E-state index in [2.05, 4.69) is 4.98 Å². The van der Waals surface area contributed by atoms with E-state index < -0.39 is 10.5 Å². The van der Waals surface area contributed by atoms with Crippen LogP contribution in [0.4, 0.5) is 5.69 Å². The number of aromatic nitrogens is 1. The number of fused-ring (bicyclic) bond motifs is 3. The summed E-state index contributed by atoms with van der Waals surface area (Å²) in [6.07, 6.45) is 1.95. The Morgan fingerprint density at radius 1 is 1.40 bits per heavy atom. The summed E-state index contributed by atoms with van der Waals surface area (Å²) in [5.74, 6) is 0.675. The average Bonchev–Trinajstić information content (AvgIpc) is 3.20. The Hall–Kier alpha value is -2.28. The Bertz CT molecular complexity index is 923. The SMILES string of the molecule is O=c1oc(C2CC2)nc2c1sc1ccc([N+](=O)[O-])cc12. The molecule has 6 nitrogen and oxygen atoms in total. The van der Waals surface area contributed by atoms with E-state index in [-0.39, 0.29) is 11.6 Å². The Labute approximate surface area is 115 Å². The maximum Gasteiger partial charge on any atom is 0.357 e. The van der Waals surface area contributed by atoms with Crippen molar-refractivity contribution in [1.82, 2.24) is 4.98 Å². The predicted octanol–water partition coefficient (Wildman–Crippen LogP) is 3.19. The van der Waals surface area contributed by atoms with Gasteiger partial charge in [-0.15, -0.1) is 11.3 Å². The Kier molecular flexibility index (Phi) is 2.23. The van der Waals surface area contributed by atoms with Gasteiger partial charge in [0.1, 0.15) is 10.2 Å². The lowest BCUT2D eigenvalue weighted by molar-refractivity contribution is -0.384. The van der Waals surface area contributed by atoms with Crippen molar-refractivity contribution in [2.75, 3.05) is 0 Å². The van der Waals surface area contributed by atoms with Crippen LogP contribution >= 0.6 is 11.3 Å². The summed E-state index contributed by atoms with van der Waals surface area (Å²) >= 11 is 1.26. The topological polar surface area (TPSA) is 86.2 Å². The third-order valence-electron chi connectivity index (χ3n) is 3.39. The van der Waals surface area contributed by atoms with Gasteiger partial charge in [-0.3, -0.25) is 10.1 Å². The van der Waals surface area contributed by atoms with Crippen molar-refractivity contribution in [3.63, 3.8) is 0 Å². The first-order chi connectivity index (χ1) is 9.63. The highest BCUT2D eigenvalue weighted by molar-refractivity contribution is 7.25. The van der Waals surface area contributed by atoms with Crippen molar-refractivity contribution in [3.8, 4) is 0 Å². The van der Waals surface area contributed by atoms with Crippen molar-refractivity contribution in [2.45, 2.75) is 18.8 Å². The zero-order valence-corrected chi connectivity index (χ0v) is 11.0. The number of nitrogens with zero attached hydrogens (tertiary/aromatic N) is 2. The average molecular weight is 288 g/mol. The van der Waals surface area contributed by atoms with Gasteiger partial charge < -0.3 is 4.42 Å². The second-order valence-corrected chi connectivity index (χ2v) is 5.88. The quantitative estimate of drug-likeness (QED) is 0.534. The highest BCUT2D eigenvalue weighted by Crippen LogP contribution is 2.40. The molecular weight excluding hydrogens is 280 g/mol. The number of rotatable bonds is 2. The maximum atomic E-state index is 12.0. The van der Waals surface area contributed by atoms with Crippen LogP contribution in [-0.2, 0) is 0 Å². The van der Waals surface area contributed by atoms with E-state index in [9.17, 15) is 14.9 Å². The lowest BCUT2D eigenvalue weighted by atomic mass is 10.2. The second-order valence-electron chi connectivity index (χ2n) is 4.83. The van der Waals surface area contributed by atoms with Gasteiger partial charge in [-0.1, -0.05) is 0 Å². The summed E-state index contributed by atoms with van der Waals surface area (Å²) in [5, 5.41) is 11.5. The molecule has 0 atom stereocenters. The van der Waals surface area contributed by atoms with Gasteiger partial charge in [0.25, 0.3) is 5.69 Å². The molecule has 2 aromatic heterocycles. The van der Waals surface area contributed by atoms with Crippen LogP contribution in [0, 0.1) is 10.1 Å². The van der Waals surface area contributed by atoms with E-state index in [1.165, 1.54) is 23.5 Å². The van der Waals surface area contributed by atoms with Gasteiger partial charge in [-0.05, 0) is 18.9 Å². The molecular formula is C13H8N2O4S. The summed E-state index contributed by atoms with van der Waals surface area (Å²) in [4.78, 5) is 26.8. The molecule has 1 aromatic carbocycles. The molecule has 1 saturated carbocycles. The molecule has 3 aromatic rings. The maximum absolute atomic E-state index is 12.0. The number of benzene rings is 1. The zero-order valence-electron chi connectivity index (χ0n) is 10.2. The molecule has 0 N–H and O–H groups in total. The van der Waals surface area contributed by atoms with Crippen molar-refractivity contribution in [3.05, 3.63) is 44.6 Å². The van der Waals surface area contributed by atoms with E-state index in [0.717, 1.165) is 17.5 Å². The first kappa shape index (κ1) is 11.5. The molecule has 0 unspecified atom stereocenters. The Morgan fingerprint density at radius 2 is 2.20 bits per heavy atom. The van der Waals surface area contributed by atoms with Crippen molar-refractivity contribution in [1.29, 1.82) is 0 Å². The molecule has 0 bridgehead atoms. The van der Waals surface area contributed by atoms with Gasteiger partial charge in [0.2, 0.25) is 5.89 Å². The van der Waals surface area contributed by atoms with E-state index in [1.54, 1.807) is 6.07 Å². The minimum Gasteiger partial charge on any atom is -0.407 e. The fourth-order valence-corrected chi connectivity index (χ4v) is 3.21. The van der Waals surface area contributed by atoms with Crippen molar-refractivity contribution in [2.24, 2.45) is 0 Å². The van der Waals surface area contributed by atoms with Crippen LogP contribution in [0.25, 0.3) is 20.3 Å². The van der Waals surface area contributed by atoms with Crippen LogP contribution in [0.1, 0.15) is 24.7 Å². The first-order valence-corrected chi connectivity index (χ1v) is 6.97. The number of thiophene rings is 1. The van der Waals surface area contributed by atoms with E-state index >= 15 is 0 Å². The summed E-state index contributed by atoms with van der Waals surface area (Å²) in [6.45, 7) is 0. The van der Waals surface area contributed by atoms with Crippen LogP contribution in [0.15, 0.2) is 27.4 Å². The number of nitro benzene ring substituents is 1. The molecule has 0 saturated heterocycles. The van der Waals surface area contributed by atoms with E-state index in [1.807, 2.05) is 0 Å². The van der Waals surface area contributed by atoms with Crippen LogP contribution in [0.5, 0.6) is 0 Å². The molecule has 0 spiro atoms. The Balaban J connectivity index is 2.09. The minimum atomic E-state index is -0.448. The molecule has 1 fully saturated rings. The number of hydrogen-bond donors (Lipinski definition) is 0. The molecule has 0 aliphatic heterocycles. The molecule has 20 heavy (non-hydrogen) atoms. The third-order valence-corrected chi connectivity index (χ3v) is 4.53. The zero-order chi connectivity index (χ0) is 13.9. The van der Waals surface area contributed by atoms with Gasteiger partial charge in [0.15, 0.2) is 0 Å². The lowest BCUT2D eigenvalue weighted by Crippen LogP contribution is -2.02. The fourth-order valence-electron chi connectivity index (χ4n) is 2.21. The molecule has 7 heteroatoms. The van der Waals surface area contributed by atoms with Crippen LogP contribution in [0.2, 0.25) is 0 Å². The highest BCUT2D eigenvalue weighted by Gasteiger charge is 2.29. The normalized spacial score (nSPS) is 15.0. The second kappa shape index (κ2) is 3.86. The number of nitro groups is 1. The van der Waals surface area contributed by atoms with Crippen LogP contribution in [0.3, 0.4) is 0 Å². The summed E-state index contributed by atoms with van der Waals surface area (Å²) in [5.41, 5.74) is 0.118. The van der Waals surface area contributed by atoms with Gasteiger partial charge in [0, 0.05) is 28.1 Å². The van der Waals surface area contributed by atoms with Gasteiger partial charge in [-0.25, -0.2) is 9.78 Å². The molecule has 2 heterocycles. The van der Waals surface area contributed by atoms with Crippen molar-refractivity contribution < 1.29 is 9.34 Å². The standard InChI is InChI=1S/C13H8N2O4S/c16-13-11-10(14-12(19-13)6-1-2-6)8-5-7(15(17)18)3-4-9(8)20-11/h3-6H,1-2H2. The molecule has 1 aliphatic carbocycles. The van der Waals surface area contributed by atoms with Crippen LogP contribution < -0.4 is 5.63 Å². The Morgan fingerprint density at radius 3 is 2.90 bits per heavy atom. The number of hydrogen-bond acceptors (Lipinski definition) is 6. The monoisotopic (exact) mass is 288 g/mol. The van der Waals surface area contributed by atoms with E-state index in [0.29, 0.717) is 21.5 Å². The minimum absolute atomic E-state index is 0.000197. The largest absolute Gasteiger partial charge is 0.407 e. The smallest absolute Gasteiger partial charge is 0.357 e. The summed E-state index contributed by atoms with van der Waals surface area (Å²) in [7, 11) is 0. The van der Waals surface area contributed by atoms with Gasteiger partial charge in [0.05, 0.1) is 4.92 Å². The predicted molar refractivity (Wildman–Crippen MR) is 74.3 cm³/mol. The molecule has 4 rings (SSSR count). The summed E-state index contributed by atoms with van der Waals surface area (Å²) < 4.78 is 6.46. The summed E-state index contributed by atoms with van der Waals surface area (Å²) in [6, 6.07) is 4.55. The fraction of sp³-hybridized carbons (Fsp3) is 0.231. The molecule has 100 valence electrons. The van der Waals surface area contributed by atoms with Crippen molar-refractivity contribution >= 4 is 37.3 Å². The van der Waals surface area contributed by atoms with Gasteiger partial charge >= 0.3 is 5.63 Å². The number of non-ortho nitro benzene ring substituents is 1. The van der Waals surface area contributed by atoms with Gasteiger partial charge in [-0.2, -0.15) is 0 Å². The highest BCUT2D eigenvalue weighted by atomic mass is 32.1. The molecule has 1 aliphatic rings. The van der Waals surface area contributed by atoms with Crippen LogP contribution in [-0.4, -0.2) is 9.91 Å². The first-order valence-electron chi connectivity index (χ1n) is 6.15. The lowest BCUT2D eigenvalue weighted by Gasteiger charge is -1.96. The third kappa shape index (κ3) is 1.63. The molecule has 0 radical (unpaired) electrons.